The summed E-state index contributed by atoms with van der Waals surface area (Å²) in [5, 5.41) is 22.2. The predicted octanol–water partition coefficient (Wildman–Crippen LogP) is 5.63. The number of fused-ring (bicyclic) bond motifs is 1. The molecule has 12 heteroatoms. The van der Waals surface area contributed by atoms with Crippen molar-refractivity contribution in [2.75, 3.05) is 37.6 Å². The number of hydrogen-bond acceptors (Lipinski definition) is 7. The minimum absolute atomic E-state index is 0. The van der Waals surface area contributed by atoms with Gasteiger partial charge in [0.25, 0.3) is 5.91 Å². The van der Waals surface area contributed by atoms with E-state index in [4.69, 9.17) is 30.9 Å². The number of amides is 2. The van der Waals surface area contributed by atoms with Gasteiger partial charge in [0, 0.05) is 96.6 Å². The van der Waals surface area contributed by atoms with Crippen molar-refractivity contribution in [2.24, 2.45) is 5.41 Å². The van der Waals surface area contributed by atoms with Gasteiger partial charge in [0.05, 0.1) is 20.6 Å². The Morgan fingerprint density at radius 2 is 1.76 bits per heavy atom. The number of carbonyl (C=O) groups is 3. The zero-order chi connectivity index (χ0) is 32.7. The monoisotopic (exact) mass is 865 g/mol. The standard InChI is InChI=1S/C34H39ClN2O8.Ac/c1-34(2,20-38)19-37-26-16-13-22(35)17-25(26)31(24-8-6-9-27(43-3)32(24)44-4)45-28(33(37)42)18-29(39)36-23-14-11-21(12-15-23)7-5-10-30(40)41;/h6,8-9,11-17,28,31,38H,5,7,10,18-20H2,1-4H3,(H,36,39)(H,40,41);/t28-,31-;/m1./s1. The number of nitrogens with zero attached hydrogens (tertiary/aromatic N) is 1. The molecule has 243 valence electrons. The molecule has 10 nitrogen and oxygen atoms in total. The molecule has 1 aliphatic rings. The topological polar surface area (TPSA) is 135 Å². The SMILES string of the molecule is COc1cccc([C@H]2O[C@H](CC(=O)Nc3ccc(CCCC(=O)O)cc3)C(=O)N(CC(C)(C)CO)c3ccc(Cl)cc32)c1OC.[Ac]. The van der Waals surface area contributed by atoms with Crippen LogP contribution in [0.25, 0.3) is 0 Å². The Labute approximate surface area is 309 Å². The van der Waals surface area contributed by atoms with Crippen molar-refractivity contribution < 1.29 is 82.9 Å². The Morgan fingerprint density at radius 1 is 1.04 bits per heavy atom. The van der Waals surface area contributed by atoms with Gasteiger partial charge >= 0.3 is 5.97 Å². The van der Waals surface area contributed by atoms with Crippen molar-refractivity contribution in [3.63, 3.8) is 0 Å². The van der Waals surface area contributed by atoms with Crippen LogP contribution in [0.4, 0.5) is 11.4 Å². The van der Waals surface area contributed by atoms with Crippen LogP contribution in [-0.4, -0.2) is 61.5 Å². The molecule has 46 heavy (non-hydrogen) atoms. The van der Waals surface area contributed by atoms with Crippen molar-refractivity contribution in [1.29, 1.82) is 0 Å². The molecule has 2 amide bonds. The molecule has 0 aromatic heterocycles. The second kappa shape index (κ2) is 16.9. The maximum absolute atomic E-state index is 14.2. The summed E-state index contributed by atoms with van der Waals surface area (Å²) in [5.41, 5.74) is 2.53. The number of rotatable bonds is 13. The number of para-hydroxylation sites is 1. The third kappa shape index (κ3) is 9.45. The van der Waals surface area contributed by atoms with Crippen LogP contribution in [0.3, 0.4) is 0 Å². The van der Waals surface area contributed by atoms with E-state index in [1.54, 1.807) is 47.4 Å². The molecule has 3 aromatic carbocycles. The van der Waals surface area contributed by atoms with E-state index in [0.717, 1.165) is 5.56 Å². The number of carbonyl (C=O) groups excluding carboxylic acids is 2. The van der Waals surface area contributed by atoms with Crippen LogP contribution in [0.2, 0.25) is 5.02 Å². The van der Waals surface area contributed by atoms with Crippen molar-refractivity contribution in [1.82, 2.24) is 0 Å². The van der Waals surface area contributed by atoms with Crippen LogP contribution < -0.4 is 19.7 Å². The van der Waals surface area contributed by atoms with Gasteiger partial charge in [-0.3, -0.25) is 14.4 Å². The minimum Gasteiger partial charge on any atom is -0.493 e. The third-order valence-corrected chi connectivity index (χ3v) is 7.83. The van der Waals surface area contributed by atoms with Crippen LogP contribution in [-0.2, 0) is 25.5 Å². The van der Waals surface area contributed by atoms with Crippen LogP contribution in [0, 0.1) is 49.5 Å². The number of anilines is 2. The van der Waals surface area contributed by atoms with Crippen molar-refractivity contribution in [3.8, 4) is 11.5 Å². The number of carboxylic acid groups (broad SMARTS) is 1. The molecular weight excluding hydrogens is 827 g/mol. The zero-order valence-corrected chi connectivity index (χ0v) is 31.9. The fraction of sp³-hybridized carbons (Fsp3) is 0.382. The van der Waals surface area contributed by atoms with E-state index in [-0.39, 0.29) is 70.1 Å². The Bertz CT molecular complexity index is 1530. The summed E-state index contributed by atoms with van der Waals surface area (Å²) in [6, 6.07) is 17.6. The summed E-state index contributed by atoms with van der Waals surface area (Å²) in [7, 11) is 3.04. The first-order chi connectivity index (χ1) is 21.5. The number of ether oxygens (including phenoxy) is 3. The van der Waals surface area contributed by atoms with Crippen molar-refractivity contribution in [2.45, 2.75) is 51.7 Å². The smallest absolute Gasteiger partial charge is 0.303 e. The number of carboxylic acids is 1. The van der Waals surface area contributed by atoms with Gasteiger partial charge < -0.3 is 34.6 Å². The second-order valence-electron chi connectivity index (χ2n) is 11.7. The van der Waals surface area contributed by atoms with Gasteiger partial charge in [-0.15, -0.1) is 0 Å². The average Bonchev–Trinajstić information content (AvgIpc) is 3.11. The fourth-order valence-electron chi connectivity index (χ4n) is 5.28. The second-order valence-corrected chi connectivity index (χ2v) is 12.2. The number of aliphatic hydroxyl groups is 1. The van der Waals surface area contributed by atoms with E-state index < -0.39 is 35.4 Å². The molecule has 1 aliphatic heterocycles. The molecule has 2 atom stereocenters. The number of aliphatic hydroxyl groups excluding tert-OH is 1. The first kappa shape index (κ1) is 37.8. The molecule has 0 fully saturated rings. The maximum atomic E-state index is 14.2. The first-order valence-electron chi connectivity index (χ1n) is 14.6. The van der Waals surface area contributed by atoms with E-state index in [1.165, 1.54) is 14.2 Å². The van der Waals surface area contributed by atoms with E-state index in [9.17, 15) is 19.5 Å². The van der Waals surface area contributed by atoms with Crippen molar-refractivity contribution in [3.05, 3.63) is 82.4 Å². The number of hydrogen-bond donors (Lipinski definition) is 3. The third-order valence-electron chi connectivity index (χ3n) is 7.60. The van der Waals surface area contributed by atoms with Gasteiger partial charge in [-0.1, -0.05) is 49.7 Å². The molecule has 0 unspecified atom stereocenters. The zero-order valence-electron chi connectivity index (χ0n) is 26.4. The Kier molecular flexibility index (Phi) is 13.9. The van der Waals surface area contributed by atoms with Gasteiger partial charge in [0.15, 0.2) is 11.5 Å². The van der Waals surface area contributed by atoms with Crippen LogP contribution in [0.5, 0.6) is 11.5 Å². The molecule has 1 heterocycles. The number of nitrogens with one attached hydrogen (secondary N) is 1. The molecule has 0 spiro atoms. The molecule has 0 saturated heterocycles. The molecule has 0 saturated carbocycles. The number of methoxy groups -OCH3 is 2. The molecule has 1 radical (unpaired) electrons. The van der Waals surface area contributed by atoms with Crippen LogP contribution >= 0.6 is 11.6 Å². The molecule has 3 N–H and O–H groups in total. The van der Waals surface area contributed by atoms with Crippen LogP contribution in [0.15, 0.2) is 60.7 Å². The summed E-state index contributed by atoms with van der Waals surface area (Å²) >= 11 is 6.48. The summed E-state index contributed by atoms with van der Waals surface area (Å²) in [5.74, 6) is -0.830. The Morgan fingerprint density at radius 3 is 2.39 bits per heavy atom. The summed E-state index contributed by atoms with van der Waals surface area (Å²) < 4.78 is 17.8. The molecule has 3 aromatic rings. The Hall–Kier alpha value is -2.68. The number of aliphatic carboxylic acids is 1. The van der Waals surface area contributed by atoms with Crippen LogP contribution in [0.1, 0.15) is 55.9 Å². The fourth-order valence-corrected chi connectivity index (χ4v) is 5.46. The van der Waals surface area contributed by atoms with E-state index in [1.807, 2.05) is 32.0 Å². The van der Waals surface area contributed by atoms with Gasteiger partial charge in [-0.25, -0.2) is 0 Å². The van der Waals surface area contributed by atoms with Gasteiger partial charge in [-0.05, 0) is 54.8 Å². The van der Waals surface area contributed by atoms with Gasteiger partial charge in [-0.2, -0.15) is 0 Å². The van der Waals surface area contributed by atoms with Gasteiger partial charge in [0.2, 0.25) is 5.91 Å². The van der Waals surface area contributed by atoms with E-state index in [2.05, 4.69) is 5.32 Å². The average molecular weight is 866 g/mol. The molecule has 0 bridgehead atoms. The largest absolute Gasteiger partial charge is 0.493 e. The maximum Gasteiger partial charge on any atom is 0.303 e. The minimum atomic E-state index is -1.21. The number of aryl methyl sites for hydroxylation is 1. The summed E-state index contributed by atoms with van der Waals surface area (Å²) in [4.78, 5) is 40.0. The van der Waals surface area contributed by atoms with E-state index >= 15 is 0 Å². The van der Waals surface area contributed by atoms with E-state index in [0.29, 0.717) is 51.9 Å². The summed E-state index contributed by atoms with van der Waals surface area (Å²) in [6.07, 6.45) is -1.16. The molecule has 4 rings (SSSR count). The predicted molar refractivity (Wildman–Crippen MR) is 171 cm³/mol. The van der Waals surface area contributed by atoms with Gasteiger partial charge in [0.1, 0.15) is 12.2 Å². The van der Waals surface area contributed by atoms with Crippen molar-refractivity contribution >= 4 is 40.8 Å². The first-order valence-corrected chi connectivity index (χ1v) is 15.0. The summed E-state index contributed by atoms with van der Waals surface area (Å²) in [6.45, 7) is 3.67. The normalized spacial score (nSPS) is 16.1. The molecule has 0 aliphatic carbocycles. The molecular formula is C34H39AcClN2O8. The number of benzene rings is 3. The number of halogens is 1. The Balaban J connectivity index is 0.00000576. The quantitative estimate of drug-likeness (QED) is 0.202.